The molecule has 2 amide bonds. The second-order valence-electron chi connectivity index (χ2n) is 10.9. The number of aromatic nitrogens is 5. The van der Waals surface area contributed by atoms with Gasteiger partial charge in [0.05, 0.1) is 22.8 Å². The van der Waals surface area contributed by atoms with Crippen molar-refractivity contribution in [3.05, 3.63) is 42.1 Å². The maximum Gasteiger partial charge on any atom is 0.407 e. The first-order chi connectivity index (χ1) is 18.5. The number of hydrogen-bond donors (Lipinski definition) is 2. The van der Waals surface area contributed by atoms with E-state index in [0.29, 0.717) is 53.3 Å². The Bertz CT molecular complexity index is 1520. The number of alkyl carbamates (subject to hydrolysis) is 1. The highest BCUT2D eigenvalue weighted by Crippen LogP contribution is 2.36. The van der Waals surface area contributed by atoms with Crippen LogP contribution in [0.15, 0.2) is 41.2 Å². The Morgan fingerprint density at radius 1 is 1.15 bits per heavy atom. The molecule has 3 N–H and O–H groups in total. The summed E-state index contributed by atoms with van der Waals surface area (Å²) < 4.78 is 12.2. The summed E-state index contributed by atoms with van der Waals surface area (Å²) in [6.07, 6.45) is 1.70. The normalized spacial score (nSPS) is 15.7. The van der Waals surface area contributed by atoms with E-state index in [4.69, 9.17) is 25.1 Å². The molecule has 1 atom stereocenters. The number of pyridine rings is 1. The number of amides is 2. The first-order valence-corrected chi connectivity index (χ1v) is 12.9. The van der Waals surface area contributed by atoms with Crippen LogP contribution in [-0.2, 0) is 4.74 Å². The zero-order chi connectivity index (χ0) is 27.9. The largest absolute Gasteiger partial charge is 0.444 e. The fourth-order valence-corrected chi connectivity index (χ4v) is 4.80. The topological polar surface area (TPSA) is 154 Å². The number of nitrogen functional groups attached to an aromatic ring is 1. The summed E-state index contributed by atoms with van der Waals surface area (Å²) in [5, 5.41) is 10.6. The van der Waals surface area contributed by atoms with E-state index in [1.54, 1.807) is 11.1 Å². The van der Waals surface area contributed by atoms with Crippen LogP contribution < -0.4 is 11.1 Å². The number of imidazole rings is 1. The zero-order valence-electron chi connectivity index (χ0n) is 22.6. The molecule has 3 aromatic heterocycles. The highest BCUT2D eigenvalue weighted by molar-refractivity contribution is 6.08. The predicted octanol–water partition coefficient (Wildman–Crippen LogP) is 4.05. The van der Waals surface area contributed by atoms with Gasteiger partial charge >= 0.3 is 6.09 Å². The molecular formula is C27H32N8O4. The van der Waals surface area contributed by atoms with E-state index in [0.717, 1.165) is 5.56 Å². The van der Waals surface area contributed by atoms with Crippen LogP contribution in [0, 0.1) is 0 Å². The first kappa shape index (κ1) is 26.1. The van der Waals surface area contributed by atoms with E-state index in [1.165, 1.54) is 0 Å². The number of carbonyl (C=O) groups is 2. The van der Waals surface area contributed by atoms with Crippen LogP contribution in [0.4, 0.5) is 10.6 Å². The lowest BCUT2D eigenvalue weighted by atomic mass is 10.1. The van der Waals surface area contributed by atoms with Gasteiger partial charge in [0, 0.05) is 30.9 Å². The van der Waals surface area contributed by atoms with Gasteiger partial charge in [-0.05, 0) is 51.4 Å². The summed E-state index contributed by atoms with van der Waals surface area (Å²) in [5.74, 6) is 0.328. The standard InChI is InChI=1S/C27H32N8O4/c1-15(2)35-22-18(25(36)34-12-11-17(14-34)30-26(37)38-27(3,4)5)13-29-19(16-9-7-6-8-10-16)20(22)31-24(35)21-23(28)33-39-32-21/h6-10,13,15,17H,11-12,14H2,1-5H3,(H2,28,33)(H,30,37). The number of ether oxygens (including phenoxy) is 1. The fourth-order valence-electron chi connectivity index (χ4n) is 4.80. The lowest BCUT2D eigenvalue weighted by Crippen LogP contribution is -2.41. The van der Waals surface area contributed by atoms with Crippen molar-refractivity contribution in [2.24, 2.45) is 0 Å². The molecule has 12 heteroatoms. The minimum Gasteiger partial charge on any atom is -0.444 e. The summed E-state index contributed by atoms with van der Waals surface area (Å²) in [5.41, 5.74) is 8.77. The van der Waals surface area contributed by atoms with Crippen LogP contribution in [0.2, 0.25) is 0 Å². The summed E-state index contributed by atoms with van der Waals surface area (Å²) in [6, 6.07) is 9.32. The lowest BCUT2D eigenvalue weighted by molar-refractivity contribution is 0.0502. The molecule has 12 nitrogen and oxygen atoms in total. The molecule has 1 aliphatic rings. The Hall–Kier alpha value is -4.48. The number of anilines is 1. The Kier molecular flexibility index (Phi) is 6.71. The molecule has 5 rings (SSSR count). The van der Waals surface area contributed by atoms with E-state index in [-0.39, 0.29) is 23.8 Å². The van der Waals surface area contributed by atoms with Gasteiger partial charge in [0.2, 0.25) is 0 Å². The molecule has 0 bridgehead atoms. The molecule has 0 radical (unpaired) electrons. The van der Waals surface area contributed by atoms with Gasteiger partial charge in [-0.1, -0.05) is 30.3 Å². The smallest absolute Gasteiger partial charge is 0.407 e. The third-order valence-electron chi connectivity index (χ3n) is 6.43. The monoisotopic (exact) mass is 532 g/mol. The Morgan fingerprint density at radius 2 is 1.90 bits per heavy atom. The van der Waals surface area contributed by atoms with Gasteiger partial charge in [-0.15, -0.1) is 0 Å². The van der Waals surface area contributed by atoms with E-state index >= 15 is 0 Å². The molecular weight excluding hydrogens is 500 g/mol. The maximum atomic E-state index is 13.9. The van der Waals surface area contributed by atoms with Crippen LogP contribution in [0.25, 0.3) is 33.8 Å². The molecule has 1 saturated heterocycles. The van der Waals surface area contributed by atoms with Crippen molar-refractivity contribution in [2.75, 3.05) is 18.8 Å². The third-order valence-corrected chi connectivity index (χ3v) is 6.43. The molecule has 0 spiro atoms. The molecule has 1 aromatic carbocycles. The SMILES string of the molecule is CC(C)n1c(-c2nonc2N)nc2c(-c3ccccc3)ncc(C(=O)N3CCC(NC(=O)OC(C)(C)C)C3)c21. The third kappa shape index (κ3) is 5.14. The van der Waals surface area contributed by atoms with Crippen LogP contribution >= 0.6 is 0 Å². The number of nitrogens with one attached hydrogen (secondary N) is 1. The summed E-state index contributed by atoms with van der Waals surface area (Å²) >= 11 is 0. The van der Waals surface area contributed by atoms with E-state index in [2.05, 4.69) is 15.6 Å². The van der Waals surface area contributed by atoms with Crippen LogP contribution in [0.1, 0.15) is 57.4 Å². The average Bonchev–Trinajstić information content (AvgIpc) is 3.60. The highest BCUT2D eigenvalue weighted by Gasteiger charge is 2.33. The molecule has 1 fully saturated rings. The fraction of sp³-hybridized carbons (Fsp3) is 0.407. The van der Waals surface area contributed by atoms with Crippen LogP contribution in [0.5, 0.6) is 0 Å². The van der Waals surface area contributed by atoms with Gasteiger partial charge in [0.25, 0.3) is 5.91 Å². The van der Waals surface area contributed by atoms with Gasteiger partial charge < -0.3 is 25.3 Å². The van der Waals surface area contributed by atoms with Crippen molar-refractivity contribution < 1.29 is 19.0 Å². The summed E-state index contributed by atoms with van der Waals surface area (Å²) in [4.78, 5) is 37.5. The van der Waals surface area contributed by atoms with Gasteiger partial charge in [-0.25, -0.2) is 14.4 Å². The first-order valence-electron chi connectivity index (χ1n) is 12.9. The molecule has 1 unspecified atom stereocenters. The van der Waals surface area contributed by atoms with E-state index < -0.39 is 11.7 Å². The molecule has 0 aliphatic carbocycles. The molecule has 1 aliphatic heterocycles. The highest BCUT2D eigenvalue weighted by atomic mass is 16.6. The van der Waals surface area contributed by atoms with Gasteiger partial charge in [0.15, 0.2) is 17.3 Å². The van der Waals surface area contributed by atoms with Gasteiger partial charge in [-0.2, -0.15) is 0 Å². The van der Waals surface area contributed by atoms with Crippen molar-refractivity contribution in [1.29, 1.82) is 0 Å². The number of benzene rings is 1. The van der Waals surface area contributed by atoms with Crippen LogP contribution in [0.3, 0.4) is 0 Å². The minimum atomic E-state index is -0.605. The van der Waals surface area contributed by atoms with Crippen molar-refractivity contribution in [1.82, 2.24) is 35.1 Å². The molecule has 204 valence electrons. The number of nitrogens with two attached hydrogens (primary N) is 1. The number of likely N-dealkylation sites (tertiary alicyclic amines) is 1. The molecule has 4 aromatic rings. The van der Waals surface area contributed by atoms with Crippen LogP contribution in [-0.4, -0.2) is 66.5 Å². The quantitative estimate of drug-likeness (QED) is 0.387. The molecule has 4 heterocycles. The minimum absolute atomic E-state index is 0.102. The second kappa shape index (κ2) is 10.0. The summed E-state index contributed by atoms with van der Waals surface area (Å²) in [6.45, 7) is 10.2. The van der Waals surface area contributed by atoms with Gasteiger partial charge in [-0.3, -0.25) is 9.78 Å². The lowest BCUT2D eigenvalue weighted by Gasteiger charge is -2.22. The number of fused-ring (bicyclic) bond motifs is 1. The van der Waals surface area contributed by atoms with Crippen molar-refractivity contribution in [3.63, 3.8) is 0 Å². The van der Waals surface area contributed by atoms with Crippen molar-refractivity contribution >= 4 is 28.9 Å². The van der Waals surface area contributed by atoms with E-state index in [1.807, 2.05) is 69.5 Å². The average molecular weight is 533 g/mol. The number of rotatable bonds is 5. The Labute approximate surface area is 225 Å². The number of carbonyl (C=O) groups excluding carboxylic acids is 2. The maximum absolute atomic E-state index is 13.9. The zero-order valence-corrected chi connectivity index (χ0v) is 22.6. The number of hydrogen-bond acceptors (Lipinski definition) is 9. The van der Waals surface area contributed by atoms with Gasteiger partial charge in [0.1, 0.15) is 11.1 Å². The van der Waals surface area contributed by atoms with E-state index in [9.17, 15) is 9.59 Å². The number of nitrogens with zero attached hydrogens (tertiary/aromatic N) is 6. The molecule has 0 saturated carbocycles. The Balaban J connectivity index is 1.57. The summed E-state index contributed by atoms with van der Waals surface area (Å²) in [7, 11) is 0. The second-order valence-corrected chi connectivity index (χ2v) is 10.9. The van der Waals surface area contributed by atoms with Crippen molar-refractivity contribution in [2.45, 2.75) is 58.7 Å². The molecule has 39 heavy (non-hydrogen) atoms. The van der Waals surface area contributed by atoms with Crippen molar-refractivity contribution in [3.8, 4) is 22.8 Å². The Morgan fingerprint density at radius 3 is 2.54 bits per heavy atom. The predicted molar refractivity (Wildman–Crippen MR) is 145 cm³/mol.